The SMILES string of the molecule is CC1C=C(OCC2CO2)C=CC1OCC1CO1. The Kier molecular flexibility index (Phi) is 3.18. The van der Waals surface area contributed by atoms with Gasteiger partial charge in [-0.15, -0.1) is 0 Å². The van der Waals surface area contributed by atoms with E-state index in [2.05, 4.69) is 19.1 Å². The summed E-state index contributed by atoms with van der Waals surface area (Å²) in [6.45, 7) is 5.17. The van der Waals surface area contributed by atoms with Crippen molar-refractivity contribution in [3.8, 4) is 0 Å². The van der Waals surface area contributed by atoms with Gasteiger partial charge in [-0.25, -0.2) is 0 Å². The van der Waals surface area contributed by atoms with E-state index >= 15 is 0 Å². The highest BCUT2D eigenvalue weighted by Crippen LogP contribution is 2.23. The number of hydrogen-bond acceptors (Lipinski definition) is 4. The fourth-order valence-electron chi connectivity index (χ4n) is 1.81. The maximum atomic E-state index is 5.77. The van der Waals surface area contributed by atoms with Gasteiger partial charge in [-0.05, 0) is 12.2 Å². The van der Waals surface area contributed by atoms with Crippen molar-refractivity contribution in [2.24, 2.45) is 5.92 Å². The first kappa shape index (κ1) is 11.3. The average Bonchev–Trinajstić information content (AvgIpc) is 3.18. The van der Waals surface area contributed by atoms with Crippen molar-refractivity contribution in [1.82, 2.24) is 0 Å². The first-order valence-corrected chi connectivity index (χ1v) is 6.19. The lowest BCUT2D eigenvalue weighted by atomic mass is 9.99. The number of allylic oxidation sites excluding steroid dienone is 1. The van der Waals surface area contributed by atoms with Crippen LogP contribution in [0.2, 0.25) is 0 Å². The standard InChI is InChI=1S/C13H18O4/c1-9-4-10(14-5-11-6-15-11)2-3-13(9)17-8-12-7-16-12/h2-4,9,11-13H,5-8H2,1H3. The lowest BCUT2D eigenvalue weighted by molar-refractivity contribution is 0.0481. The van der Waals surface area contributed by atoms with Crippen LogP contribution in [0.25, 0.3) is 0 Å². The zero-order valence-electron chi connectivity index (χ0n) is 10.0. The normalized spacial score (nSPS) is 38.8. The van der Waals surface area contributed by atoms with Crippen LogP contribution >= 0.6 is 0 Å². The Bertz CT molecular complexity index is 328. The van der Waals surface area contributed by atoms with Gasteiger partial charge in [0.15, 0.2) is 0 Å². The zero-order valence-corrected chi connectivity index (χ0v) is 10.0. The van der Waals surface area contributed by atoms with Gasteiger partial charge in [0, 0.05) is 5.92 Å². The van der Waals surface area contributed by atoms with Crippen LogP contribution in [-0.2, 0) is 18.9 Å². The minimum Gasteiger partial charge on any atom is -0.491 e. The molecule has 4 nitrogen and oxygen atoms in total. The quantitative estimate of drug-likeness (QED) is 0.654. The highest BCUT2D eigenvalue weighted by molar-refractivity contribution is 5.21. The third-order valence-electron chi connectivity index (χ3n) is 3.11. The average molecular weight is 238 g/mol. The molecule has 0 aromatic heterocycles. The van der Waals surface area contributed by atoms with Gasteiger partial charge in [-0.3, -0.25) is 0 Å². The summed E-state index contributed by atoms with van der Waals surface area (Å²) in [7, 11) is 0. The molecule has 0 radical (unpaired) electrons. The Morgan fingerprint density at radius 1 is 1.24 bits per heavy atom. The van der Waals surface area contributed by atoms with Crippen molar-refractivity contribution in [3.05, 3.63) is 24.0 Å². The Morgan fingerprint density at radius 2 is 1.94 bits per heavy atom. The molecule has 0 N–H and O–H groups in total. The molecule has 0 aromatic rings. The topological polar surface area (TPSA) is 43.5 Å². The smallest absolute Gasteiger partial charge is 0.117 e. The minimum absolute atomic E-state index is 0.142. The van der Waals surface area contributed by atoms with E-state index in [1.54, 1.807) is 0 Å². The van der Waals surface area contributed by atoms with E-state index in [9.17, 15) is 0 Å². The summed E-state index contributed by atoms with van der Waals surface area (Å²) >= 11 is 0. The van der Waals surface area contributed by atoms with Gasteiger partial charge < -0.3 is 18.9 Å². The molecule has 4 atom stereocenters. The summed E-state index contributed by atoms with van der Waals surface area (Å²) in [6, 6.07) is 0. The van der Waals surface area contributed by atoms with Crippen molar-refractivity contribution in [2.45, 2.75) is 25.2 Å². The van der Waals surface area contributed by atoms with Gasteiger partial charge in [0.25, 0.3) is 0 Å². The molecule has 0 bridgehead atoms. The second-order valence-corrected chi connectivity index (χ2v) is 4.81. The van der Waals surface area contributed by atoms with Gasteiger partial charge in [0.2, 0.25) is 0 Å². The molecule has 2 heterocycles. The fraction of sp³-hybridized carbons (Fsp3) is 0.692. The van der Waals surface area contributed by atoms with Crippen molar-refractivity contribution >= 4 is 0 Å². The maximum absolute atomic E-state index is 5.77. The predicted molar refractivity (Wildman–Crippen MR) is 61.6 cm³/mol. The molecule has 3 rings (SSSR count). The molecule has 2 aliphatic heterocycles. The predicted octanol–water partition coefficient (Wildman–Crippen LogP) is 1.28. The summed E-state index contributed by atoms with van der Waals surface area (Å²) in [5.74, 6) is 1.27. The van der Waals surface area contributed by atoms with Crippen LogP contribution in [0, 0.1) is 5.92 Å². The second-order valence-electron chi connectivity index (χ2n) is 4.81. The van der Waals surface area contributed by atoms with Crippen molar-refractivity contribution in [3.63, 3.8) is 0 Å². The van der Waals surface area contributed by atoms with Gasteiger partial charge in [-0.1, -0.05) is 13.0 Å². The van der Waals surface area contributed by atoms with Gasteiger partial charge in [0.05, 0.1) is 25.9 Å². The van der Waals surface area contributed by atoms with E-state index in [-0.39, 0.29) is 6.10 Å². The minimum atomic E-state index is 0.142. The van der Waals surface area contributed by atoms with Gasteiger partial charge >= 0.3 is 0 Å². The van der Waals surface area contributed by atoms with Crippen LogP contribution in [0.4, 0.5) is 0 Å². The molecule has 4 heteroatoms. The van der Waals surface area contributed by atoms with Crippen LogP contribution in [-0.4, -0.2) is 44.7 Å². The van der Waals surface area contributed by atoms with E-state index in [0.717, 1.165) is 19.0 Å². The van der Waals surface area contributed by atoms with Crippen molar-refractivity contribution in [1.29, 1.82) is 0 Å². The van der Waals surface area contributed by atoms with E-state index < -0.39 is 0 Å². The Labute approximate surface area is 101 Å². The lowest BCUT2D eigenvalue weighted by Crippen LogP contribution is -2.23. The van der Waals surface area contributed by atoms with Crippen LogP contribution in [0.1, 0.15) is 6.92 Å². The summed E-state index contributed by atoms with van der Waals surface area (Å²) in [6.07, 6.45) is 6.94. The Hall–Kier alpha value is -0.840. The molecule has 1 aliphatic carbocycles. The van der Waals surface area contributed by atoms with Crippen molar-refractivity contribution < 1.29 is 18.9 Å². The molecule has 2 saturated heterocycles. The highest BCUT2D eigenvalue weighted by atomic mass is 16.6. The summed E-state index contributed by atoms with van der Waals surface area (Å²) in [5, 5.41) is 0. The molecule has 2 fully saturated rings. The summed E-state index contributed by atoms with van der Waals surface area (Å²) in [5.41, 5.74) is 0. The van der Waals surface area contributed by atoms with E-state index in [1.165, 1.54) is 0 Å². The number of epoxide rings is 2. The van der Waals surface area contributed by atoms with Crippen LogP contribution < -0.4 is 0 Å². The van der Waals surface area contributed by atoms with E-state index in [4.69, 9.17) is 18.9 Å². The summed E-state index contributed by atoms with van der Waals surface area (Å²) < 4.78 is 21.6. The molecule has 0 saturated carbocycles. The maximum Gasteiger partial charge on any atom is 0.117 e. The largest absolute Gasteiger partial charge is 0.491 e. The molecular weight excluding hydrogens is 220 g/mol. The second kappa shape index (κ2) is 4.80. The molecule has 94 valence electrons. The van der Waals surface area contributed by atoms with Crippen molar-refractivity contribution in [2.75, 3.05) is 26.4 Å². The van der Waals surface area contributed by atoms with Crippen LogP contribution in [0.3, 0.4) is 0 Å². The van der Waals surface area contributed by atoms with Crippen LogP contribution in [0.15, 0.2) is 24.0 Å². The van der Waals surface area contributed by atoms with E-state index in [1.807, 2.05) is 6.08 Å². The number of rotatable bonds is 6. The molecule has 0 amide bonds. The lowest BCUT2D eigenvalue weighted by Gasteiger charge is -2.23. The number of ether oxygens (including phenoxy) is 4. The summed E-state index contributed by atoms with van der Waals surface area (Å²) in [4.78, 5) is 0. The first-order chi connectivity index (χ1) is 8.31. The Morgan fingerprint density at radius 3 is 2.59 bits per heavy atom. The first-order valence-electron chi connectivity index (χ1n) is 6.19. The van der Waals surface area contributed by atoms with E-state index in [0.29, 0.717) is 31.3 Å². The molecule has 17 heavy (non-hydrogen) atoms. The highest BCUT2D eigenvalue weighted by Gasteiger charge is 2.27. The van der Waals surface area contributed by atoms with Gasteiger partial charge in [0.1, 0.15) is 24.6 Å². The fourth-order valence-corrected chi connectivity index (χ4v) is 1.81. The molecule has 4 unspecified atom stereocenters. The monoisotopic (exact) mass is 238 g/mol. The molecule has 0 spiro atoms. The number of hydrogen-bond donors (Lipinski definition) is 0. The molecular formula is C13H18O4. The Balaban J connectivity index is 1.45. The zero-order chi connectivity index (χ0) is 11.7. The third-order valence-corrected chi connectivity index (χ3v) is 3.11. The molecule has 3 aliphatic rings. The van der Waals surface area contributed by atoms with Gasteiger partial charge in [-0.2, -0.15) is 0 Å². The third kappa shape index (κ3) is 3.31. The van der Waals surface area contributed by atoms with Crippen LogP contribution in [0.5, 0.6) is 0 Å². The molecule has 0 aromatic carbocycles.